The number of benzene rings is 5. The van der Waals surface area contributed by atoms with Crippen molar-refractivity contribution in [2.24, 2.45) is 0 Å². The Bertz CT molecular complexity index is 2110. The van der Waals surface area contributed by atoms with Crippen molar-refractivity contribution in [2.75, 3.05) is 13.2 Å². The van der Waals surface area contributed by atoms with Crippen LogP contribution in [0.1, 0.15) is 52.3 Å². The Kier molecular flexibility index (Phi) is 9.77. The maximum Gasteiger partial charge on any atom is 0.407 e. The van der Waals surface area contributed by atoms with Gasteiger partial charge in [0.1, 0.15) is 24.3 Å². The number of carbonyl (C=O) groups is 3. The van der Waals surface area contributed by atoms with Crippen LogP contribution in [0.4, 0.5) is 4.79 Å². The number of hydrogen-bond donors (Lipinski definition) is 2. The highest BCUT2D eigenvalue weighted by atomic mass is 16.6. The molecule has 0 bridgehead atoms. The van der Waals surface area contributed by atoms with Crippen molar-refractivity contribution < 1.29 is 23.9 Å². The summed E-state index contributed by atoms with van der Waals surface area (Å²) >= 11 is 0. The van der Waals surface area contributed by atoms with Gasteiger partial charge >= 0.3 is 12.1 Å². The van der Waals surface area contributed by atoms with Crippen LogP contribution in [0.2, 0.25) is 0 Å². The van der Waals surface area contributed by atoms with Crippen molar-refractivity contribution in [2.45, 2.75) is 42.9 Å². The van der Waals surface area contributed by atoms with E-state index >= 15 is 0 Å². The Morgan fingerprint density at radius 2 is 1.31 bits per heavy atom. The second-order valence-electron chi connectivity index (χ2n) is 13.7. The number of hydrogen-bond acceptors (Lipinski definition) is 6. The molecule has 2 N–H and O–H groups in total. The van der Waals surface area contributed by atoms with E-state index in [2.05, 4.69) is 75.9 Å². The Balaban J connectivity index is 1.08. The van der Waals surface area contributed by atoms with Crippen molar-refractivity contribution in [3.63, 3.8) is 0 Å². The number of esters is 1. The third-order valence-electron chi connectivity index (χ3n) is 10.4. The Hall–Kier alpha value is -6.48. The minimum atomic E-state index is -1.03. The summed E-state index contributed by atoms with van der Waals surface area (Å²) in [7, 11) is 0. The molecule has 1 unspecified atom stereocenters. The van der Waals surface area contributed by atoms with Gasteiger partial charge in [0.05, 0.1) is 18.6 Å². The van der Waals surface area contributed by atoms with Crippen LogP contribution in [0.25, 0.3) is 11.1 Å². The second-order valence-corrected chi connectivity index (χ2v) is 13.7. The minimum absolute atomic E-state index is 0.0853. The predicted octanol–water partition coefficient (Wildman–Crippen LogP) is 6.99. The molecule has 270 valence electrons. The number of carbonyl (C=O) groups excluding carboxylic acids is 3. The topological polar surface area (TPSA) is 112 Å². The van der Waals surface area contributed by atoms with E-state index in [1.807, 2.05) is 85.1 Å². The Morgan fingerprint density at radius 1 is 0.778 bits per heavy atom. The highest BCUT2D eigenvalue weighted by Gasteiger charge is 2.39. The van der Waals surface area contributed by atoms with Crippen LogP contribution in [0.3, 0.4) is 0 Å². The summed E-state index contributed by atoms with van der Waals surface area (Å²) in [5.41, 5.74) is 7.33. The molecule has 0 saturated carbocycles. The number of imidazole rings is 1. The van der Waals surface area contributed by atoms with E-state index < -0.39 is 29.7 Å². The zero-order chi connectivity index (χ0) is 36.9. The van der Waals surface area contributed by atoms with E-state index in [0.29, 0.717) is 18.5 Å². The number of fused-ring (bicyclic) bond motifs is 3. The molecular weight excluding hydrogens is 677 g/mol. The number of aromatic nitrogens is 2. The van der Waals surface area contributed by atoms with Gasteiger partial charge in [0.15, 0.2) is 0 Å². The van der Waals surface area contributed by atoms with Gasteiger partial charge in [0.2, 0.25) is 5.91 Å². The average molecular weight is 717 g/mol. The van der Waals surface area contributed by atoms with Gasteiger partial charge in [-0.25, -0.2) is 9.78 Å². The number of amides is 2. The summed E-state index contributed by atoms with van der Waals surface area (Å²) < 4.78 is 13.3. The summed E-state index contributed by atoms with van der Waals surface area (Å²) in [6.45, 7) is 0.246. The van der Waals surface area contributed by atoms with Gasteiger partial charge in [-0.15, -0.1) is 0 Å². The predicted molar refractivity (Wildman–Crippen MR) is 205 cm³/mol. The fourth-order valence-corrected chi connectivity index (χ4v) is 7.90. The van der Waals surface area contributed by atoms with Crippen LogP contribution in [0.15, 0.2) is 152 Å². The first-order valence-corrected chi connectivity index (χ1v) is 18.3. The van der Waals surface area contributed by atoms with Gasteiger partial charge in [-0.3, -0.25) is 9.59 Å². The van der Waals surface area contributed by atoms with Crippen LogP contribution >= 0.6 is 0 Å². The molecule has 1 aliphatic heterocycles. The van der Waals surface area contributed by atoms with Crippen LogP contribution in [0.5, 0.6) is 0 Å². The molecule has 2 amide bonds. The quantitative estimate of drug-likeness (QED) is 0.104. The lowest BCUT2D eigenvalue weighted by Gasteiger charge is -2.37. The molecule has 1 aliphatic carbocycles. The first-order chi connectivity index (χ1) is 26.5. The van der Waals surface area contributed by atoms with Crippen molar-refractivity contribution in [3.05, 3.63) is 186 Å². The maximum atomic E-state index is 13.8. The molecule has 1 saturated heterocycles. The number of nitrogens with zero attached hydrogens (tertiary/aromatic N) is 2. The van der Waals surface area contributed by atoms with Gasteiger partial charge < -0.3 is 24.7 Å². The molecule has 2 atom stereocenters. The third-order valence-corrected chi connectivity index (χ3v) is 10.4. The zero-order valence-corrected chi connectivity index (χ0v) is 29.6. The van der Waals surface area contributed by atoms with Gasteiger partial charge in [0, 0.05) is 25.0 Å². The minimum Gasteiger partial charge on any atom is -0.460 e. The molecule has 6 aromatic rings. The Labute approximate surface area is 314 Å². The summed E-state index contributed by atoms with van der Waals surface area (Å²) in [4.78, 5) is 43.9. The first kappa shape index (κ1) is 34.6. The molecule has 9 nitrogen and oxygen atoms in total. The lowest BCUT2D eigenvalue weighted by molar-refractivity contribution is -0.141. The van der Waals surface area contributed by atoms with Crippen LogP contribution in [-0.4, -0.2) is 52.8 Å². The van der Waals surface area contributed by atoms with E-state index in [-0.39, 0.29) is 31.5 Å². The molecule has 8 rings (SSSR count). The largest absolute Gasteiger partial charge is 0.460 e. The van der Waals surface area contributed by atoms with E-state index in [1.54, 1.807) is 6.33 Å². The van der Waals surface area contributed by atoms with Gasteiger partial charge in [-0.2, -0.15) is 0 Å². The van der Waals surface area contributed by atoms with Crippen molar-refractivity contribution in [1.29, 1.82) is 0 Å². The average Bonchev–Trinajstić information content (AvgIpc) is 3.95. The normalized spacial score (nSPS) is 15.5. The van der Waals surface area contributed by atoms with Crippen LogP contribution in [0, 0.1) is 0 Å². The monoisotopic (exact) mass is 716 g/mol. The van der Waals surface area contributed by atoms with E-state index in [1.165, 1.54) is 0 Å². The molecule has 2 heterocycles. The molecule has 54 heavy (non-hydrogen) atoms. The van der Waals surface area contributed by atoms with Gasteiger partial charge in [-0.1, -0.05) is 140 Å². The number of alkyl carbamates (subject to hydrolysis) is 1. The molecular formula is C45H40N4O5. The van der Waals surface area contributed by atoms with Gasteiger partial charge in [0.25, 0.3) is 0 Å². The fourth-order valence-electron chi connectivity index (χ4n) is 7.90. The highest BCUT2D eigenvalue weighted by Crippen LogP contribution is 2.45. The summed E-state index contributed by atoms with van der Waals surface area (Å²) in [6, 6.07) is 46.0. The van der Waals surface area contributed by atoms with E-state index in [4.69, 9.17) is 14.5 Å². The van der Waals surface area contributed by atoms with Crippen LogP contribution in [-0.2, 0) is 31.0 Å². The molecule has 9 heteroatoms. The molecule has 0 spiro atoms. The lowest BCUT2D eigenvalue weighted by atomic mass is 9.77. The first-order valence-electron chi connectivity index (χ1n) is 18.3. The second kappa shape index (κ2) is 15.2. The lowest BCUT2D eigenvalue weighted by Crippen LogP contribution is -2.49. The Morgan fingerprint density at radius 3 is 1.85 bits per heavy atom. The molecule has 1 aromatic heterocycles. The standard InChI is InChI=1S/C45H40N4O5/c50-42-25-24-35(54-42)27-46-43(51)41(48-44(52)53-29-40-38-22-12-10-20-36(38)37-21-11-13-23-39(37)40)26-34-28-49(30-47-34)45(31-14-4-1-5-15-31,32-16-6-2-7-17-32)33-18-8-3-9-19-33/h1-23,28,30,35,40-41H,24-27,29H2,(H,46,51)(H,48,52)/t35?,41-/m0/s1. The van der Waals surface area contributed by atoms with Crippen molar-refractivity contribution in [3.8, 4) is 11.1 Å². The third kappa shape index (κ3) is 6.76. The number of cyclic esters (lactones) is 1. The molecule has 5 aromatic carbocycles. The highest BCUT2D eigenvalue weighted by molar-refractivity contribution is 5.86. The summed E-state index contributed by atoms with van der Waals surface area (Å²) in [5, 5.41) is 5.72. The number of rotatable bonds is 12. The SMILES string of the molecule is O=C1CCC(CNC(=O)[C@H](Cc2cn(C(c3ccccc3)(c3ccccc3)c3ccccc3)cn2)NC(=O)OCC2c3ccccc3-c3ccccc32)O1. The van der Waals surface area contributed by atoms with Crippen molar-refractivity contribution >= 4 is 18.0 Å². The summed E-state index contributed by atoms with van der Waals surface area (Å²) in [6.07, 6.45) is 3.51. The van der Waals surface area contributed by atoms with Gasteiger partial charge in [-0.05, 0) is 45.4 Å². The molecule has 2 aliphatic rings. The molecule has 0 radical (unpaired) electrons. The van der Waals surface area contributed by atoms with E-state index in [9.17, 15) is 14.4 Å². The summed E-state index contributed by atoms with van der Waals surface area (Å²) in [5.74, 6) is -0.849. The fraction of sp³-hybridized carbons (Fsp3) is 0.200. The number of nitrogens with one attached hydrogen (secondary N) is 2. The van der Waals surface area contributed by atoms with E-state index in [0.717, 1.165) is 38.9 Å². The zero-order valence-electron chi connectivity index (χ0n) is 29.6. The smallest absolute Gasteiger partial charge is 0.407 e. The molecule has 1 fully saturated rings. The number of ether oxygens (including phenoxy) is 2. The van der Waals surface area contributed by atoms with Crippen molar-refractivity contribution in [1.82, 2.24) is 20.2 Å². The maximum absolute atomic E-state index is 13.8. The van der Waals surface area contributed by atoms with Crippen LogP contribution < -0.4 is 10.6 Å².